The number of nitrogens with zero attached hydrogens (tertiary/aromatic N) is 3. The molecule has 3 aromatic rings. The van der Waals surface area contributed by atoms with E-state index in [-0.39, 0.29) is 17.3 Å². The van der Waals surface area contributed by atoms with Gasteiger partial charge in [-0.1, -0.05) is 17.7 Å². The van der Waals surface area contributed by atoms with Crippen LogP contribution >= 0.6 is 11.6 Å². The highest BCUT2D eigenvalue weighted by molar-refractivity contribution is 6.30. The van der Waals surface area contributed by atoms with Crippen molar-refractivity contribution in [2.24, 2.45) is 0 Å². The lowest BCUT2D eigenvalue weighted by Crippen LogP contribution is -2.11. The van der Waals surface area contributed by atoms with Crippen LogP contribution < -0.4 is 20.1 Å². The van der Waals surface area contributed by atoms with Crippen molar-refractivity contribution < 1.29 is 14.4 Å². The maximum absolute atomic E-state index is 11.7. The number of aromatic nitrogens is 2. The quantitative estimate of drug-likeness (QED) is 0.379. The van der Waals surface area contributed by atoms with Crippen molar-refractivity contribution in [1.82, 2.24) is 9.97 Å². The lowest BCUT2D eigenvalue weighted by molar-refractivity contribution is -0.383. The van der Waals surface area contributed by atoms with Crippen molar-refractivity contribution in [3.8, 4) is 11.5 Å². The van der Waals surface area contributed by atoms with Crippen LogP contribution in [0.15, 0.2) is 48.8 Å². The molecule has 0 aliphatic heterocycles. The van der Waals surface area contributed by atoms with E-state index < -0.39 is 4.92 Å². The summed E-state index contributed by atoms with van der Waals surface area (Å²) in [5, 5.41) is 18.2. The number of nitrogens with one attached hydrogen (secondary N) is 2. The van der Waals surface area contributed by atoms with Crippen LogP contribution in [0.1, 0.15) is 5.56 Å². The summed E-state index contributed by atoms with van der Waals surface area (Å²) >= 11 is 5.88. The van der Waals surface area contributed by atoms with Crippen LogP contribution in [0, 0.1) is 10.1 Å². The third kappa shape index (κ3) is 5.06. The Morgan fingerprint density at radius 1 is 1.03 bits per heavy atom. The third-order valence-corrected chi connectivity index (χ3v) is 4.52. The molecule has 0 aliphatic rings. The predicted molar refractivity (Wildman–Crippen MR) is 115 cm³/mol. The molecule has 0 unspecified atom stereocenters. The van der Waals surface area contributed by atoms with Crippen LogP contribution in [0.25, 0.3) is 0 Å². The van der Waals surface area contributed by atoms with Crippen molar-refractivity contribution >= 4 is 34.6 Å². The van der Waals surface area contributed by atoms with Crippen molar-refractivity contribution in [3.05, 3.63) is 69.5 Å². The SMILES string of the molecule is COc1ccc(CCNc2ncnc(Nc3ccc(Cl)cc3)c2[N+](=O)[O-])cc1OC. The molecule has 0 saturated heterocycles. The first kappa shape index (κ1) is 21.1. The molecule has 0 amide bonds. The fraction of sp³-hybridized carbons (Fsp3) is 0.200. The molecule has 1 heterocycles. The molecule has 2 aromatic carbocycles. The summed E-state index contributed by atoms with van der Waals surface area (Å²) in [5.74, 6) is 1.48. The van der Waals surface area contributed by atoms with Crippen molar-refractivity contribution in [2.45, 2.75) is 6.42 Å². The van der Waals surface area contributed by atoms with Gasteiger partial charge in [0.25, 0.3) is 0 Å². The minimum atomic E-state index is -0.517. The number of nitro groups is 1. The van der Waals surface area contributed by atoms with Crippen molar-refractivity contribution in [3.63, 3.8) is 0 Å². The molecular formula is C20H20ClN5O4. The van der Waals surface area contributed by atoms with Crippen LogP contribution in [0.3, 0.4) is 0 Å². The van der Waals surface area contributed by atoms with Crippen molar-refractivity contribution in [2.75, 3.05) is 31.4 Å². The van der Waals surface area contributed by atoms with Gasteiger partial charge in [-0.25, -0.2) is 9.97 Å². The molecule has 0 radical (unpaired) electrons. The number of benzene rings is 2. The Labute approximate surface area is 178 Å². The molecule has 10 heteroatoms. The van der Waals surface area contributed by atoms with E-state index in [0.717, 1.165) is 5.56 Å². The fourth-order valence-electron chi connectivity index (χ4n) is 2.80. The maximum Gasteiger partial charge on any atom is 0.353 e. The predicted octanol–water partition coefficient (Wildman–Crippen LogP) is 4.45. The van der Waals surface area contributed by atoms with E-state index in [2.05, 4.69) is 20.6 Å². The summed E-state index contributed by atoms with van der Waals surface area (Å²) in [5.41, 5.74) is 1.37. The minimum Gasteiger partial charge on any atom is -0.493 e. The Hall–Kier alpha value is -3.59. The fourth-order valence-corrected chi connectivity index (χ4v) is 2.93. The zero-order valence-electron chi connectivity index (χ0n) is 16.4. The van der Waals surface area contributed by atoms with Crippen molar-refractivity contribution in [1.29, 1.82) is 0 Å². The van der Waals surface area contributed by atoms with Crippen LogP contribution in [0.5, 0.6) is 11.5 Å². The van der Waals surface area contributed by atoms with Crippen LogP contribution in [-0.2, 0) is 6.42 Å². The summed E-state index contributed by atoms with van der Waals surface area (Å²) in [4.78, 5) is 19.2. The van der Waals surface area contributed by atoms with Gasteiger partial charge in [-0.15, -0.1) is 0 Å². The molecule has 9 nitrogen and oxygen atoms in total. The minimum absolute atomic E-state index is 0.0888. The van der Waals surface area contributed by atoms with Gasteiger partial charge in [0.2, 0.25) is 11.6 Å². The second-order valence-corrected chi connectivity index (χ2v) is 6.61. The molecule has 0 atom stereocenters. The van der Waals surface area contributed by atoms with Gasteiger partial charge in [0.15, 0.2) is 11.5 Å². The summed E-state index contributed by atoms with van der Waals surface area (Å²) in [6.07, 6.45) is 1.87. The molecule has 0 bridgehead atoms. The zero-order chi connectivity index (χ0) is 21.5. The lowest BCUT2D eigenvalue weighted by Gasteiger charge is -2.11. The Kier molecular flexibility index (Phi) is 6.87. The second-order valence-electron chi connectivity index (χ2n) is 6.17. The number of anilines is 3. The molecule has 0 fully saturated rings. The number of halogens is 1. The van der Waals surface area contributed by atoms with Crippen LogP contribution in [-0.4, -0.2) is 35.7 Å². The molecule has 3 rings (SSSR count). The van der Waals surface area contributed by atoms with E-state index in [1.807, 2.05) is 18.2 Å². The van der Waals surface area contributed by atoms with Crippen LogP contribution in [0.4, 0.5) is 23.0 Å². The first-order valence-electron chi connectivity index (χ1n) is 8.98. The van der Waals surface area contributed by atoms with Gasteiger partial charge in [0.05, 0.1) is 19.1 Å². The largest absolute Gasteiger partial charge is 0.493 e. The average Bonchev–Trinajstić information content (AvgIpc) is 2.75. The molecule has 156 valence electrons. The number of ether oxygens (including phenoxy) is 2. The monoisotopic (exact) mass is 429 g/mol. The number of methoxy groups -OCH3 is 2. The van der Waals surface area contributed by atoms with E-state index in [4.69, 9.17) is 21.1 Å². The molecule has 1 aromatic heterocycles. The van der Waals surface area contributed by atoms with E-state index >= 15 is 0 Å². The van der Waals surface area contributed by atoms with E-state index in [1.54, 1.807) is 38.5 Å². The first-order chi connectivity index (χ1) is 14.5. The van der Waals surface area contributed by atoms with E-state index in [0.29, 0.717) is 35.2 Å². The van der Waals surface area contributed by atoms with Gasteiger partial charge in [0, 0.05) is 17.3 Å². The second kappa shape index (κ2) is 9.75. The smallest absolute Gasteiger partial charge is 0.353 e. The Bertz CT molecular complexity index is 1030. The zero-order valence-corrected chi connectivity index (χ0v) is 17.1. The number of hydrogen-bond donors (Lipinski definition) is 2. The Balaban J connectivity index is 1.74. The normalized spacial score (nSPS) is 10.4. The molecule has 30 heavy (non-hydrogen) atoms. The highest BCUT2D eigenvalue weighted by Gasteiger charge is 2.23. The molecule has 0 spiro atoms. The molecular weight excluding hydrogens is 410 g/mol. The molecule has 0 aliphatic carbocycles. The topological polar surface area (TPSA) is 111 Å². The Morgan fingerprint density at radius 2 is 1.73 bits per heavy atom. The van der Waals surface area contributed by atoms with Crippen LogP contribution in [0.2, 0.25) is 5.02 Å². The van der Waals surface area contributed by atoms with E-state index in [9.17, 15) is 10.1 Å². The number of hydrogen-bond acceptors (Lipinski definition) is 8. The van der Waals surface area contributed by atoms with Gasteiger partial charge >= 0.3 is 5.69 Å². The van der Waals surface area contributed by atoms with Gasteiger partial charge in [-0.05, 0) is 48.4 Å². The summed E-state index contributed by atoms with van der Waals surface area (Å²) in [6, 6.07) is 12.4. The Morgan fingerprint density at radius 3 is 2.40 bits per heavy atom. The highest BCUT2D eigenvalue weighted by Crippen LogP contribution is 2.32. The van der Waals surface area contributed by atoms with E-state index in [1.165, 1.54) is 6.33 Å². The van der Waals surface area contributed by atoms with Gasteiger partial charge < -0.3 is 20.1 Å². The third-order valence-electron chi connectivity index (χ3n) is 4.27. The van der Waals surface area contributed by atoms with Gasteiger partial charge in [-0.3, -0.25) is 10.1 Å². The maximum atomic E-state index is 11.7. The summed E-state index contributed by atoms with van der Waals surface area (Å²) < 4.78 is 10.5. The lowest BCUT2D eigenvalue weighted by atomic mass is 10.1. The molecule has 2 N–H and O–H groups in total. The first-order valence-corrected chi connectivity index (χ1v) is 9.36. The van der Waals surface area contributed by atoms with Gasteiger partial charge in [0.1, 0.15) is 6.33 Å². The highest BCUT2D eigenvalue weighted by atomic mass is 35.5. The average molecular weight is 430 g/mol. The molecule has 0 saturated carbocycles. The standard InChI is InChI=1S/C20H20ClN5O4/c1-29-16-8-3-13(11-17(16)30-2)9-10-22-19-18(26(27)28)20(24-12-23-19)25-15-6-4-14(21)5-7-15/h3-8,11-12H,9-10H2,1-2H3,(H2,22,23,24,25). The summed E-state index contributed by atoms with van der Waals surface area (Å²) in [6.45, 7) is 0.424. The summed E-state index contributed by atoms with van der Waals surface area (Å²) in [7, 11) is 3.14. The van der Waals surface area contributed by atoms with Gasteiger partial charge in [-0.2, -0.15) is 0 Å². The number of rotatable bonds is 9.